The topological polar surface area (TPSA) is 130 Å². The maximum Gasteiger partial charge on any atom is 0.270 e. The van der Waals surface area contributed by atoms with E-state index >= 15 is 0 Å². The van der Waals surface area contributed by atoms with Gasteiger partial charge >= 0.3 is 0 Å². The molecule has 2 aromatic rings. The van der Waals surface area contributed by atoms with Gasteiger partial charge in [0.2, 0.25) is 0 Å². The Morgan fingerprint density at radius 2 is 1.58 bits per heavy atom. The molecule has 9 heteroatoms. The van der Waals surface area contributed by atoms with E-state index in [2.05, 4.69) is 16.2 Å². The normalized spacial score (nSPS) is 11.1. The van der Waals surface area contributed by atoms with Gasteiger partial charge in [0.15, 0.2) is 0 Å². The van der Waals surface area contributed by atoms with Crippen LogP contribution in [0.1, 0.15) is 27.6 Å². The largest absolute Gasteiger partial charge is 0.340 e. The summed E-state index contributed by atoms with van der Waals surface area (Å²) >= 11 is 0. The van der Waals surface area contributed by atoms with Crippen LogP contribution in [0.25, 0.3) is 0 Å². The van der Waals surface area contributed by atoms with E-state index in [1.54, 1.807) is 30.3 Å². The minimum Gasteiger partial charge on any atom is -0.340 e. The minimum atomic E-state index is -0.909. The van der Waals surface area contributed by atoms with Crippen molar-refractivity contribution in [1.29, 1.82) is 0 Å². The van der Waals surface area contributed by atoms with Crippen LogP contribution in [0.15, 0.2) is 54.6 Å². The summed E-state index contributed by atoms with van der Waals surface area (Å²) < 4.78 is 0. The van der Waals surface area contributed by atoms with Gasteiger partial charge in [-0.15, -0.1) is 0 Å². The highest BCUT2D eigenvalue weighted by Crippen LogP contribution is 2.12. The molecule has 2 rings (SSSR count). The first-order valence-corrected chi connectivity index (χ1v) is 7.59. The fraction of sp³-hybridized carbons (Fsp3) is 0.118. The van der Waals surface area contributed by atoms with Crippen molar-refractivity contribution in [3.05, 3.63) is 75.8 Å². The lowest BCUT2D eigenvalue weighted by Gasteiger charge is -2.14. The van der Waals surface area contributed by atoms with Crippen molar-refractivity contribution >= 4 is 23.4 Å². The number of hydrazine groups is 1. The van der Waals surface area contributed by atoms with Crippen molar-refractivity contribution in [1.82, 2.24) is 16.2 Å². The van der Waals surface area contributed by atoms with E-state index < -0.39 is 28.7 Å². The number of hydrogen-bond acceptors (Lipinski definition) is 5. The third-order valence-electron chi connectivity index (χ3n) is 3.40. The molecule has 0 aliphatic heterocycles. The van der Waals surface area contributed by atoms with Crippen LogP contribution in [-0.4, -0.2) is 28.7 Å². The highest BCUT2D eigenvalue weighted by molar-refractivity contribution is 5.99. The summed E-state index contributed by atoms with van der Waals surface area (Å²) in [6, 6.07) is 12.5. The molecule has 134 valence electrons. The number of hydrogen-bond donors (Lipinski definition) is 3. The second-order valence-corrected chi connectivity index (χ2v) is 5.31. The molecule has 0 aliphatic carbocycles. The summed E-state index contributed by atoms with van der Waals surface area (Å²) in [5, 5.41) is 13.2. The summed E-state index contributed by atoms with van der Waals surface area (Å²) in [6.07, 6.45) is 0. The van der Waals surface area contributed by atoms with Gasteiger partial charge in [-0.25, -0.2) is 0 Å². The number of rotatable bonds is 5. The second kappa shape index (κ2) is 8.38. The molecule has 0 saturated heterocycles. The first kappa shape index (κ1) is 18.6. The lowest BCUT2D eigenvalue weighted by Crippen LogP contribution is -2.51. The van der Waals surface area contributed by atoms with Gasteiger partial charge in [-0.05, 0) is 25.1 Å². The molecule has 0 bridgehead atoms. The van der Waals surface area contributed by atoms with Crippen molar-refractivity contribution in [3.8, 4) is 0 Å². The summed E-state index contributed by atoms with van der Waals surface area (Å²) in [4.78, 5) is 46.0. The number of non-ortho nitro benzene ring substituents is 1. The zero-order chi connectivity index (χ0) is 19.1. The van der Waals surface area contributed by atoms with Crippen LogP contribution in [0, 0.1) is 10.1 Å². The molecule has 0 aromatic heterocycles. The van der Waals surface area contributed by atoms with Crippen LogP contribution >= 0.6 is 0 Å². The standard InChI is InChI=1S/C17H16N4O5/c1-11(18-16(23)12-6-3-2-4-7-12)15(22)19-20-17(24)13-8-5-9-14(10-13)21(25)26/h2-11H,1H3,(H,18,23)(H,19,22)(H,20,24). The Kier molecular flexibility index (Phi) is 5.99. The molecule has 0 radical (unpaired) electrons. The Labute approximate surface area is 148 Å². The maximum absolute atomic E-state index is 12.0. The Morgan fingerprint density at radius 1 is 0.923 bits per heavy atom. The lowest BCUT2D eigenvalue weighted by atomic mass is 10.2. The molecule has 26 heavy (non-hydrogen) atoms. The Bertz CT molecular complexity index is 838. The van der Waals surface area contributed by atoms with Crippen molar-refractivity contribution in [2.45, 2.75) is 13.0 Å². The second-order valence-electron chi connectivity index (χ2n) is 5.31. The lowest BCUT2D eigenvalue weighted by molar-refractivity contribution is -0.384. The molecule has 0 saturated carbocycles. The van der Waals surface area contributed by atoms with Crippen LogP contribution in [0.5, 0.6) is 0 Å². The zero-order valence-corrected chi connectivity index (χ0v) is 13.8. The van der Waals surface area contributed by atoms with Gasteiger partial charge in [-0.2, -0.15) is 0 Å². The average molecular weight is 356 g/mol. The fourth-order valence-corrected chi connectivity index (χ4v) is 1.99. The van der Waals surface area contributed by atoms with E-state index in [9.17, 15) is 24.5 Å². The van der Waals surface area contributed by atoms with Crippen LogP contribution in [-0.2, 0) is 4.79 Å². The summed E-state index contributed by atoms with van der Waals surface area (Å²) in [5.74, 6) is -1.80. The molecule has 0 heterocycles. The van der Waals surface area contributed by atoms with E-state index in [1.165, 1.54) is 25.1 Å². The SMILES string of the molecule is CC(NC(=O)c1ccccc1)C(=O)NNC(=O)c1cccc([N+](=O)[O-])c1. The van der Waals surface area contributed by atoms with Crippen molar-refractivity contribution < 1.29 is 19.3 Å². The Hall–Kier alpha value is -3.75. The molecule has 1 unspecified atom stereocenters. The Balaban J connectivity index is 1.89. The first-order valence-electron chi connectivity index (χ1n) is 7.59. The average Bonchev–Trinajstić information content (AvgIpc) is 2.66. The van der Waals surface area contributed by atoms with Gasteiger partial charge in [0.25, 0.3) is 23.4 Å². The van der Waals surface area contributed by atoms with E-state index in [0.29, 0.717) is 5.56 Å². The molecule has 3 N–H and O–H groups in total. The van der Waals surface area contributed by atoms with Gasteiger partial charge in [-0.1, -0.05) is 24.3 Å². The number of nitro groups is 1. The van der Waals surface area contributed by atoms with Gasteiger partial charge < -0.3 is 5.32 Å². The molecule has 2 aromatic carbocycles. The van der Waals surface area contributed by atoms with Gasteiger partial charge in [0.1, 0.15) is 6.04 Å². The smallest absolute Gasteiger partial charge is 0.270 e. The molecule has 1 atom stereocenters. The molecular formula is C17H16N4O5. The molecule has 3 amide bonds. The molecule has 0 aliphatic rings. The number of nitrogens with one attached hydrogen (secondary N) is 3. The third-order valence-corrected chi connectivity index (χ3v) is 3.40. The van der Waals surface area contributed by atoms with E-state index in [1.807, 2.05) is 0 Å². The first-order chi connectivity index (χ1) is 12.4. The van der Waals surface area contributed by atoms with Crippen molar-refractivity contribution in [2.24, 2.45) is 0 Å². The number of amides is 3. The van der Waals surface area contributed by atoms with Gasteiger partial charge in [0.05, 0.1) is 4.92 Å². The van der Waals surface area contributed by atoms with Gasteiger partial charge in [0, 0.05) is 23.3 Å². The summed E-state index contributed by atoms with van der Waals surface area (Å²) in [5.41, 5.74) is 4.48. The summed E-state index contributed by atoms with van der Waals surface area (Å²) in [7, 11) is 0. The highest BCUT2D eigenvalue weighted by Gasteiger charge is 2.18. The number of nitrogens with zero attached hydrogens (tertiary/aromatic N) is 1. The minimum absolute atomic E-state index is 0.0143. The summed E-state index contributed by atoms with van der Waals surface area (Å²) in [6.45, 7) is 1.45. The number of benzene rings is 2. The number of carbonyl (C=O) groups is 3. The van der Waals surface area contributed by atoms with Crippen LogP contribution in [0.3, 0.4) is 0 Å². The molecule has 9 nitrogen and oxygen atoms in total. The van der Waals surface area contributed by atoms with E-state index in [0.717, 1.165) is 6.07 Å². The highest BCUT2D eigenvalue weighted by atomic mass is 16.6. The quantitative estimate of drug-likeness (QED) is 0.547. The van der Waals surface area contributed by atoms with Crippen molar-refractivity contribution in [2.75, 3.05) is 0 Å². The predicted molar refractivity (Wildman–Crippen MR) is 92.1 cm³/mol. The zero-order valence-electron chi connectivity index (χ0n) is 13.8. The molecular weight excluding hydrogens is 340 g/mol. The maximum atomic E-state index is 12.0. The van der Waals surface area contributed by atoms with Crippen LogP contribution < -0.4 is 16.2 Å². The monoisotopic (exact) mass is 356 g/mol. The number of nitro benzene ring substituents is 1. The van der Waals surface area contributed by atoms with E-state index in [4.69, 9.17) is 0 Å². The van der Waals surface area contributed by atoms with Crippen LogP contribution in [0.4, 0.5) is 5.69 Å². The fourth-order valence-electron chi connectivity index (χ4n) is 1.99. The van der Waals surface area contributed by atoms with Crippen LogP contribution in [0.2, 0.25) is 0 Å². The predicted octanol–water partition coefficient (Wildman–Crippen LogP) is 1.17. The number of carbonyl (C=O) groups excluding carboxylic acids is 3. The Morgan fingerprint density at radius 3 is 2.23 bits per heavy atom. The van der Waals surface area contributed by atoms with E-state index in [-0.39, 0.29) is 11.3 Å². The van der Waals surface area contributed by atoms with Crippen molar-refractivity contribution in [3.63, 3.8) is 0 Å². The third kappa shape index (κ3) is 4.87. The molecule has 0 fully saturated rings. The van der Waals surface area contributed by atoms with Gasteiger partial charge in [-0.3, -0.25) is 35.3 Å². The molecule has 0 spiro atoms.